The Labute approximate surface area is 167 Å². The fourth-order valence-electron chi connectivity index (χ4n) is 2.93. The van der Waals surface area contributed by atoms with Crippen LogP contribution in [0.5, 0.6) is 0 Å². The number of nitrogens with one attached hydrogen (secondary N) is 1. The molecule has 0 saturated heterocycles. The summed E-state index contributed by atoms with van der Waals surface area (Å²) >= 11 is 6.01. The molecule has 0 spiro atoms. The van der Waals surface area contributed by atoms with Crippen molar-refractivity contribution in [3.63, 3.8) is 0 Å². The summed E-state index contributed by atoms with van der Waals surface area (Å²) in [5, 5.41) is 12.3. The number of carbonyl (C=O) groups is 1. The number of hydrogen-bond acceptors (Lipinski definition) is 3. The first kappa shape index (κ1) is 18.0. The number of benzene rings is 2. The Morgan fingerprint density at radius 1 is 1.04 bits per heavy atom. The van der Waals surface area contributed by atoms with Crippen LogP contribution in [-0.2, 0) is 13.6 Å². The molecule has 0 unspecified atom stereocenters. The molecular weight excluding hydrogens is 374 g/mol. The third-order valence-corrected chi connectivity index (χ3v) is 4.52. The summed E-state index contributed by atoms with van der Waals surface area (Å²) in [4.78, 5) is 12.9. The van der Waals surface area contributed by atoms with E-state index >= 15 is 0 Å². The fraction of sp³-hybridized carbons (Fsp3) is 0.0952. The van der Waals surface area contributed by atoms with Crippen LogP contribution in [0.4, 0.5) is 5.82 Å². The first-order valence-corrected chi connectivity index (χ1v) is 9.14. The van der Waals surface area contributed by atoms with Gasteiger partial charge in [-0.15, -0.1) is 0 Å². The van der Waals surface area contributed by atoms with Gasteiger partial charge in [-0.25, -0.2) is 0 Å². The molecule has 1 amide bonds. The molecule has 6 nitrogen and oxygen atoms in total. The third-order valence-electron chi connectivity index (χ3n) is 4.27. The Morgan fingerprint density at radius 3 is 2.46 bits per heavy atom. The molecule has 0 radical (unpaired) electrons. The van der Waals surface area contributed by atoms with Crippen molar-refractivity contribution in [1.82, 2.24) is 19.6 Å². The van der Waals surface area contributed by atoms with Gasteiger partial charge in [0.05, 0.1) is 12.1 Å². The molecule has 7 heteroatoms. The molecule has 0 saturated carbocycles. The first-order chi connectivity index (χ1) is 13.6. The van der Waals surface area contributed by atoms with Gasteiger partial charge in [0.25, 0.3) is 5.91 Å². The number of hydrogen-bond donors (Lipinski definition) is 1. The molecule has 28 heavy (non-hydrogen) atoms. The molecule has 0 bridgehead atoms. The fourth-order valence-corrected chi connectivity index (χ4v) is 3.05. The summed E-state index contributed by atoms with van der Waals surface area (Å²) in [7, 11) is 1.80. The van der Waals surface area contributed by atoms with Crippen LogP contribution in [0.25, 0.3) is 11.3 Å². The van der Waals surface area contributed by atoms with Gasteiger partial charge < -0.3 is 5.32 Å². The molecule has 4 aromatic rings. The van der Waals surface area contributed by atoms with Crippen molar-refractivity contribution in [2.24, 2.45) is 7.05 Å². The topological polar surface area (TPSA) is 64.7 Å². The van der Waals surface area contributed by atoms with E-state index in [1.165, 1.54) is 0 Å². The maximum Gasteiger partial charge on any atom is 0.260 e. The molecule has 0 aliphatic carbocycles. The number of halogens is 1. The standard InChI is InChI=1S/C21H18ClN5O/c1-26-12-11-19(24-26)23-21(28)18-14-27(13-15-5-3-2-4-6-15)25-20(18)16-7-9-17(22)10-8-16/h2-12,14H,13H2,1H3,(H,23,24,28). The molecule has 1 N–H and O–H groups in total. The zero-order valence-corrected chi connectivity index (χ0v) is 16.0. The highest BCUT2D eigenvalue weighted by Gasteiger charge is 2.19. The molecule has 0 atom stereocenters. The van der Waals surface area contributed by atoms with E-state index in [1.807, 2.05) is 42.5 Å². The van der Waals surface area contributed by atoms with Gasteiger partial charge in [0.1, 0.15) is 5.69 Å². The quantitative estimate of drug-likeness (QED) is 0.553. The molecule has 0 fully saturated rings. The zero-order valence-electron chi connectivity index (χ0n) is 15.2. The lowest BCUT2D eigenvalue weighted by Gasteiger charge is -2.03. The molecule has 2 heterocycles. The van der Waals surface area contributed by atoms with E-state index in [9.17, 15) is 4.79 Å². The van der Waals surface area contributed by atoms with E-state index in [-0.39, 0.29) is 5.91 Å². The van der Waals surface area contributed by atoms with Gasteiger partial charge in [-0.05, 0) is 17.7 Å². The molecule has 0 aliphatic rings. The first-order valence-electron chi connectivity index (χ1n) is 8.77. The number of anilines is 1. The molecule has 4 rings (SSSR count). The SMILES string of the molecule is Cn1ccc(NC(=O)c2cn(Cc3ccccc3)nc2-c2ccc(Cl)cc2)n1. The van der Waals surface area contributed by atoms with Crippen LogP contribution >= 0.6 is 11.6 Å². The van der Waals surface area contributed by atoms with Crippen LogP contribution in [-0.4, -0.2) is 25.5 Å². The lowest BCUT2D eigenvalue weighted by Crippen LogP contribution is -2.13. The predicted molar refractivity (Wildman–Crippen MR) is 109 cm³/mol. The zero-order chi connectivity index (χ0) is 19.5. The maximum absolute atomic E-state index is 12.9. The van der Waals surface area contributed by atoms with Crippen LogP contribution in [0.1, 0.15) is 15.9 Å². The molecule has 140 valence electrons. The number of rotatable bonds is 5. The van der Waals surface area contributed by atoms with Gasteiger partial charge in [0.2, 0.25) is 0 Å². The number of carbonyl (C=O) groups excluding carboxylic acids is 1. The van der Waals surface area contributed by atoms with E-state index in [4.69, 9.17) is 11.6 Å². The van der Waals surface area contributed by atoms with Crippen molar-refractivity contribution < 1.29 is 4.79 Å². The summed E-state index contributed by atoms with van der Waals surface area (Å²) in [6.07, 6.45) is 3.53. The molecular formula is C21H18ClN5O. The van der Waals surface area contributed by atoms with Crippen LogP contribution in [0.15, 0.2) is 73.1 Å². The Kier molecular flexibility index (Phi) is 4.95. The van der Waals surface area contributed by atoms with Crippen LogP contribution in [0.3, 0.4) is 0 Å². The van der Waals surface area contributed by atoms with E-state index in [0.29, 0.717) is 28.6 Å². The number of nitrogens with zero attached hydrogens (tertiary/aromatic N) is 4. The Hall–Kier alpha value is -3.38. The number of aromatic nitrogens is 4. The second-order valence-corrected chi connectivity index (χ2v) is 6.85. The maximum atomic E-state index is 12.9. The van der Waals surface area contributed by atoms with Crippen molar-refractivity contribution in [1.29, 1.82) is 0 Å². The lowest BCUT2D eigenvalue weighted by atomic mass is 10.1. The smallest absolute Gasteiger partial charge is 0.260 e. The molecule has 2 aromatic heterocycles. The van der Waals surface area contributed by atoms with Crippen LogP contribution < -0.4 is 5.32 Å². The van der Waals surface area contributed by atoms with Gasteiger partial charge in [0.15, 0.2) is 5.82 Å². The summed E-state index contributed by atoms with van der Waals surface area (Å²) in [6.45, 7) is 0.568. The second kappa shape index (κ2) is 7.70. The second-order valence-electron chi connectivity index (χ2n) is 6.41. The molecule has 0 aliphatic heterocycles. The minimum atomic E-state index is -0.261. The van der Waals surface area contributed by atoms with Crippen molar-refractivity contribution >= 4 is 23.3 Å². The highest BCUT2D eigenvalue weighted by Crippen LogP contribution is 2.25. The number of aryl methyl sites for hydroxylation is 1. The van der Waals surface area contributed by atoms with Crippen LogP contribution in [0.2, 0.25) is 5.02 Å². The Bertz CT molecular complexity index is 1100. The average molecular weight is 392 g/mol. The predicted octanol–water partition coefficient (Wildman–Crippen LogP) is 4.24. The van der Waals surface area contributed by atoms with Crippen molar-refractivity contribution in [2.75, 3.05) is 5.32 Å². The van der Waals surface area contributed by atoms with Crippen molar-refractivity contribution in [3.05, 3.63) is 89.2 Å². The molecule has 2 aromatic carbocycles. The minimum Gasteiger partial charge on any atom is -0.305 e. The average Bonchev–Trinajstić information content (AvgIpc) is 3.29. The van der Waals surface area contributed by atoms with Crippen molar-refractivity contribution in [3.8, 4) is 11.3 Å². The van der Waals surface area contributed by atoms with Gasteiger partial charge in [-0.1, -0.05) is 54.1 Å². The van der Waals surface area contributed by atoms with Gasteiger partial charge in [-0.2, -0.15) is 10.2 Å². The highest BCUT2D eigenvalue weighted by atomic mass is 35.5. The van der Waals surface area contributed by atoms with E-state index in [0.717, 1.165) is 11.1 Å². The van der Waals surface area contributed by atoms with E-state index < -0.39 is 0 Å². The lowest BCUT2D eigenvalue weighted by molar-refractivity contribution is 0.102. The summed E-state index contributed by atoms with van der Waals surface area (Å²) in [5.74, 6) is 0.230. The normalized spacial score (nSPS) is 10.8. The van der Waals surface area contributed by atoms with Crippen LogP contribution in [0, 0.1) is 0 Å². The summed E-state index contributed by atoms with van der Waals surface area (Å²) < 4.78 is 3.40. The largest absolute Gasteiger partial charge is 0.305 e. The van der Waals surface area contributed by atoms with Crippen molar-refractivity contribution in [2.45, 2.75) is 6.54 Å². The van der Waals surface area contributed by atoms with E-state index in [2.05, 4.69) is 15.5 Å². The van der Waals surface area contributed by atoms with Gasteiger partial charge in [-0.3, -0.25) is 14.2 Å². The minimum absolute atomic E-state index is 0.261. The monoisotopic (exact) mass is 391 g/mol. The number of amides is 1. The highest BCUT2D eigenvalue weighted by molar-refractivity contribution is 6.30. The Morgan fingerprint density at radius 2 is 1.79 bits per heavy atom. The van der Waals surface area contributed by atoms with E-state index in [1.54, 1.807) is 47.0 Å². The Balaban J connectivity index is 1.69. The third kappa shape index (κ3) is 3.97. The summed E-state index contributed by atoms with van der Waals surface area (Å²) in [6, 6.07) is 19.0. The van der Waals surface area contributed by atoms with Gasteiger partial charge >= 0.3 is 0 Å². The van der Waals surface area contributed by atoms with Gasteiger partial charge in [0, 0.05) is 36.1 Å². The summed E-state index contributed by atoms with van der Waals surface area (Å²) in [5.41, 5.74) is 3.00.